The molecule has 0 spiro atoms. The van der Waals surface area contributed by atoms with E-state index in [2.05, 4.69) is 162 Å². The number of carbonyl (C=O) groups is 1. The Hall–Kier alpha value is -4.01. The van der Waals surface area contributed by atoms with Crippen LogP contribution in [0.4, 0.5) is 0 Å². The molecule has 2 aromatic heterocycles. The summed E-state index contributed by atoms with van der Waals surface area (Å²) in [5.74, 6) is 0.366. The maximum Gasteiger partial charge on any atom is 0.162 e. The molecule has 6 rings (SSSR count). The van der Waals surface area contributed by atoms with E-state index >= 15 is 0 Å². The Morgan fingerprint density at radius 1 is 0.677 bits per heavy atom. The van der Waals surface area contributed by atoms with Crippen LogP contribution in [0, 0.1) is 44.2 Å². The summed E-state index contributed by atoms with van der Waals surface area (Å²) >= 11 is 0. The summed E-state index contributed by atoms with van der Waals surface area (Å²) in [5.41, 5.74) is 8.95. The maximum absolute atomic E-state index is 11.9. The molecule has 4 aromatic carbocycles. The van der Waals surface area contributed by atoms with Gasteiger partial charge in [0.2, 0.25) is 0 Å². The normalized spacial score (nSPS) is 12.0. The molecule has 0 bridgehead atoms. The molecule has 333 valence electrons. The van der Waals surface area contributed by atoms with Gasteiger partial charge in [0, 0.05) is 49.9 Å². The molecule has 0 aliphatic heterocycles. The smallest absolute Gasteiger partial charge is 0.162 e. The van der Waals surface area contributed by atoms with Crippen LogP contribution in [-0.2, 0) is 31.3 Å². The number of fused-ring (bicyclic) bond motifs is 2. The SMILES string of the molecule is CCC(CC)C(=O)/C=C(\O)C(C)(CC)CC.CCc1cc(C)[c-]c(-c2nccc3cc([Si](C)(C)C)ccc23)c1.Cc1[c-]c(-c2nccc3cc([Si](C)(C)C)ccc23)cc(C)c1.[Ir]. The van der Waals surface area contributed by atoms with Crippen molar-refractivity contribution in [2.45, 2.75) is 134 Å². The number of rotatable bonds is 12. The number of aliphatic hydroxyl groups excluding tert-OH is 1. The van der Waals surface area contributed by atoms with E-state index < -0.39 is 16.1 Å². The molecular formula is C55H72IrN2O2Si2-2. The molecule has 1 N–H and O–H groups in total. The zero-order valence-electron chi connectivity index (χ0n) is 40.4. The fraction of sp³-hybridized carbons (Fsp3) is 0.400. The minimum absolute atomic E-state index is 0. The number of nitrogens with zero attached hydrogens (tertiary/aromatic N) is 2. The Labute approximate surface area is 390 Å². The molecule has 4 nitrogen and oxygen atoms in total. The van der Waals surface area contributed by atoms with Gasteiger partial charge in [-0.05, 0) is 77.2 Å². The molecule has 0 saturated carbocycles. The van der Waals surface area contributed by atoms with Gasteiger partial charge in [0.1, 0.15) is 5.76 Å². The zero-order chi connectivity index (χ0) is 45.3. The first-order chi connectivity index (χ1) is 28.7. The molecule has 1 radical (unpaired) electrons. The van der Waals surface area contributed by atoms with Crippen molar-refractivity contribution >= 4 is 53.8 Å². The second-order valence-electron chi connectivity index (χ2n) is 19.1. The molecule has 0 aliphatic rings. The van der Waals surface area contributed by atoms with E-state index in [0.29, 0.717) is 0 Å². The standard InChI is InChI=1S/C21H24NSi.C20H22NSi.C14H26O2.Ir/c1-6-16-11-15(2)12-18(13-16)21-20-8-7-19(23(3,4)5)14-17(20)9-10-22-21;1-14-10-15(2)12-17(11-14)20-19-7-6-18(22(3,4)5)13-16(19)8-9-21-20;1-6-11(7-2)12(15)10-13(16)14(5,8-3)9-4;/h7-11,13-14H,6H2,1-5H3;6-11,13H,1-5H3;10-11,16H,6-9H2,1-5H3;/q2*-1;;/b;;13-10-;. The fourth-order valence-corrected chi connectivity index (χ4v) is 9.94. The van der Waals surface area contributed by atoms with Crippen molar-refractivity contribution in [1.29, 1.82) is 0 Å². The molecule has 7 heteroatoms. The molecule has 0 atom stereocenters. The molecule has 0 unspecified atom stereocenters. The molecule has 0 saturated heterocycles. The van der Waals surface area contributed by atoms with E-state index in [1.54, 1.807) is 0 Å². The molecule has 62 heavy (non-hydrogen) atoms. The van der Waals surface area contributed by atoms with Gasteiger partial charge in [-0.25, -0.2) is 0 Å². The Morgan fingerprint density at radius 3 is 1.53 bits per heavy atom. The Kier molecular flexibility index (Phi) is 19.0. The second kappa shape index (κ2) is 22.6. The van der Waals surface area contributed by atoms with Gasteiger partial charge in [-0.15, -0.1) is 69.8 Å². The molecule has 2 heterocycles. The van der Waals surface area contributed by atoms with Gasteiger partial charge in [-0.1, -0.05) is 148 Å². The first-order valence-electron chi connectivity index (χ1n) is 22.4. The van der Waals surface area contributed by atoms with Crippen molar-refractivity contribution in [2.24, 2.45) is 11.3 Å². The van der Waals surface area contributed by atoms with E-state index in [0.717, 1.165) is 60.2 Å². The van der Waals surface area contributed by atoms with Gasteiger partial charge in [0.15, 0.2) is 5.78 Å². The van der Waals surface area contributed by atoms with Gasteiger partial charge in [-0.2, -0.15) is 0 Å². The fourth-order valence-electron chi connectivity index (χ4n) is 7.59. The van der Waals surface area contributed by atoms with Crippen molar-refractivity contribution in [2.75, 3.05) is 0 Å². The Bertz CT molecular complexity index is 2450. The summed E-state index contributed by atoms with van der Waals surface area (Å²) in [4.78, 5) is 21.2. The van der Waals surface area contributed by atoms with Crippen LogP contribution in [0.5, 0.6) is 0 Å². The van der Waals surface area contributed by atoms with Gasteiger partial charge in [-0.3, -0.25) is 4.79 Å². The third-order valence-electron chi connectivity index (χ3n) is 12.2. The van der Waals surface area contributed by atoms with Crippen LogP contribution in [0.3, 0.4) is 0 Å². The number of benzene rings is 4. The van der Waals surface area contributed by atoms with Crippen LogP contribution in [0.1, 0.15) is 89.5 Å². The number of allylic oxidation sites excluding steroid dienone is 2. The molecule has 0 aliphatic carbocycles. The number of carbonyl (C=O) groups excluding carboxylic acids is 1. The minimum Gasteiger partial charge on any atom is -0.512 e. The van der Waals surface area contributed by atoms with Crippen molar-refractivity contribution in [3.05, 3.63) is 131 Å². The average Bonchev–Trinajstić information content (AvgIpc) is 3.22. The van der Waals surface area contributed by atoms with Crippen LogP contribution in [-0.4, -0.2) is 37.0 Å². The van der Waals surface area contributed by atoms with Crippen molar-refractivity contribution < 1.29 is 30.0 Å². The van der Waals surface area contributed by atoms with E-state index in [-0.39, 0.29) is 43.0 Å². The van der Waals surface area contributed by atoms with Crippen molar-refractivity contribution in [3.63, 3.8) is 0 Å². The predicted octanol–water partition coefficient (Wildman–Crippen LogP) is 14.2. The molecule has 0 fully saturated rings. The number of hydrogen-bond donors (Lipinski definition) is 1. The number of aryl methyl sites for hydroxylation is 4. The van der Waals surface area contributed by atoms with E-state index in [1.165, 1.54) is 54.7 Å². The summed E-state index contributed by atoms with van der Waals surface area (Å²) in [7, 11) is -2.59. The van der Waals surface area contributed by atoms with Crippen LogP contribution < -0.4 is 10.4 Å². The minimum atomic E-state index is -1.30. The largest absolute Gasteiger partial charge is 0.512 e. The van der Waals surface area contributed by atoms with Crippen molar-refractivity contribution in [3.8, 4) is 22.5 Å². The summed E-state index contributed by atoms with van der Waals surface area (Å²) in [5, 5.41) is 18.0. The van der Waals surface area contributed by atoms with E-state index in [1.807, 2.05) is 47.0 Å². The van der Waals surface area contributed by atoms with Gasteiger partial charge in [0.05, 0.1) is 16.1 Å². The maximum atomic E-state index is 11.9. The number of aliphatic hydroxyl groups is 1. The Balaban J connectivity index is 0.000000251. The molecular weight excluding hydrogens is 969 g/mol. The molecule has 0 amide bonds. The number of pyridine rings is 2. The van der Waals surface area contributed by atoms with Crippen LogP contribution in [0.2, 0.25) is 39.3 Å². The number of aromatic nitrogens is 2. The topological polar surface area (TPSA) is 63.1 Å². The third-order valence-corrected chi connectivity index (χ3v) is 16.3. The van der Waals surface area contributed by atoms with E-state index in [9.17, 15) is 9.90 Å². The molecule has 6 aromatic rings. The summed E-state index contributed by atoms with van der Waals surface area (Å²) in [6, 6.07) is 33.7. The summed E-state index contributed by atoms with van der Waals surface area (Å²) in [6.45, 7) is 32.9. The van der Waals surface area contributed by atoms with Gasteiger partial charge < -0.3 is 15.1 Å². The Morgan fingerprint density at radius 2 is 1.13 bits per heavy atom. The average molecular weight is 1040 g/mol. The number of hydrogen-bond acceptors (Lipinski definition) is 4. The van der Waals surface area contributed by atoms with Gasteiger partial charge in [0.25, 0.3) is 0 Å². The van der Waals surface area contributed by atoms with Crippen LogP contribution in [0.25, 0.3) is 44.1 Å². The van der Waals surface area contributed by atoms with Crippen LogP contribution >= 0.6 is 0 Å². The first kappa shape index (κ1) is 52.3. The van der Waals surface area contributed by atoms with Crippen molar-refractivity contribution in [1.82, 2.24) is 9.97 Å². The second-order valence-corrected chi connectivity index (χ2v) is 29.3. The van der Waals surface area contributed by atoms with Gasteiger partial charge >= 0.3 is 0 Å². The summed E-state index contributed by atoms with van der Waals surface area (Å²) in [6.07, 6.45) is 9.70. The monoisotopic (exact) mass is 1040 g/mol. The third kappa shape index (κ3) is 13.5. The first-order valence-corrected chi connectivity index (χ1v) is 29.4. The predicted molar refractivity (Wildman–Crippen MR) is 270 cm³/mol. The quantitative estimate of drug-likeness (QED) is 0.0574. The van der Waals surface area contributed by atoms with Crippen LogP contribution in [0.15, 0.2) is 97.0 Å². The van der Waals surface area contributed by atoms with E-state index in [4.69, 9.17) is 0 Å². The summed E-state index contributed by atoms with van der Waals surface area (Å²) < 4.78 is 0. The zero-order valence-corrected chi connectivity index (χ0v) is 44.8. The number of ketones is 1.